The lowest BCUT2D eigenvalue weighted by Gasteiger charge is -2.33. The Morgan fingerprint density at radius 1 is 1.06 bits per heavy atom. The van der Waals surface area contributed by atoms with Gasteiger partial charge in [-0.2, -0.15) is 0 Å². The number of nitrogens with one attached hydrogen (secondary N) is 2. The van der Waals surface area contributed by atoms with Crippen molar-refractivity contribution in [3.8, 4) is 17.1 Å². The molecule has 0 fully saturated rings. The first-order chi connectivity index (χ1) is 16.1. The number of nitrogens with zero attached hydrogens (tertiary/aromatic N) is 3. The Labute approximate surface area is 200 Å². The number of hydrogen-bond donors (Lipinski definition) is 2. The Morgan fingerprint density at radius 2 is 1.79 bits per heavy atom. The van der Waals surface area contributed by atoms with Crippen LogP contribution in [0, 0.1) is 0 Å². The number of methoxy groups -OCH3 is 1. The van der Waals surface area contributed by atoms with Crippen LogP contribution in [0.2, 0.25) is 5.02 Å². The lowest BCUT2D eigenvalue weighted by Crippen LogP contribution is -2.41. The molecule has 4 aromatic rings. The number of para-hydroxylation sites is 1. The molecular weight excluding hydrogens is 458 g/mol. The maximum atomic E-state index is 13.4. The van der Waals surface area contributed by atoms with E-state index < -0.39 is 11.3 Å². The number of ether oxygens (including phenoxy) is 1. The molecule has 7 nitrogen and oxygen atoms in total. The number of aromatic nitrogens is 3. The quantitative estimate of drug-likeness (QED) is 0.421. The molecule has 3 aromatic carbocycles. The molecule has 9 heteroatoms. The van der Waals surface area contributed by atoms with Crippen molar-refractivity contribution < 1.29 is 9.53 Å². The van der Waals surface area contributed by atoms with Gasteiger partial charge in [0, 0.05) is 11.3 Å². The van der Waals surface area contributed by atoms with E-state index in [0.717, 1.165) is 16.8 Å². The van der Waals surface area contributed by atoms with Crippen molar-refractivity contribution in [3.63, 3.8) is 0 Å². The van der Waals surface area contributed by atoms with Gasteiger partial charge in [-0.25, -0.2) is 4.68 Å². The number of amides is 1. The summed E-state index contributed by atoms with van der Waals surface area (Å²) in [4.78, 5) is 13.4. The molecule has 0 saturated heterocycles. The summed E-state index contributed by atoms with van der Waals surface area (Å²) >= 11 is 7.78. The van der Waals surface area contributed by atoms with Crippen molar-refractivity contribution in [2.24, 2.45) is 0 Å². The number of thioether (sulfide) groups is 1. The molecule has 0 saturated carbocycles. The van der Waals surface area contributed by atoms with Gasteiger partial charge in [-0.05, 0) is 29.8 Å². The van der Waals surface area contributed by atoms with Gasteiger partial charge in [0.25, 0.3) is 0 Å². The first-order valence-electron chi connectivity index (χ1n) is 10.3. The molecule has 1 aliphatic rings. The van der Waals surface area contributed by atoms with E-state index in [1.54, 1.807) is 13.2 Å². The minimum Gasteiger partial charge on any atom is -0.495 e. The maximum absolute atomic E-state index is 13.4. The predicted octanol–water partition coefficient (Wildman–Crippen LogP) is 5.00. The molecule has 0 spiro atoms. The zero-order chi connectivity index (χ0) is 22.8. The lowest BCUT2D eigenvalue weighted by molar-refractivity contribution is -0.116. The molecule has 0 unspecified atom stereocenters. The average molecular weight is 478 g/mol. The lowest BCUT2D eigenvalue weighted by atomic mass is 10.0. The van der Waals surface area contributed by atoms with Gasteiger partial charge in [-0.1, -0.05) is 78.0 Å². The fourth-order valence-electron chi connectivity index (χ4n) is 3.69. The van der Waals surface area contributed by atoms with Gasteiger partial charge < -0.3 is 15.5 Å². The Kier molecular flexibility index (Phi) is 5.93. The predicted molar refractivity (Wildman–Crippen MR) is 130 cm³/mol. The number of fused-ring (bicyclic) bond motifs is 1. The van der Waals surface area contributed by atoms with Gasteiger partial charge in [0.1, 0.15) is 11.0 Å². The first-order valence-corrected chi connectivity index (χ1v) is 11.5. The Bertz CT molecular complexity index is 1280. The topological polar surface area (TPSA) is 81.1 Å². The maximum Gasteiger partial charge on any atom is 0.240 e. The van der Waals surface area contributed by atoms with Crippen LogP contribution in [0.4, 0.5) is 5.69 Å². The van der Waals surface area contributed by atoms with Gasteiger partial charge >= 0.3 is 0 Å². The van der Waals surface area contributed by atoms with E-state index >= 15 is 0 Å². The standard InChI is InChI=1S/C24H20ClN5O2S/c1-32-19-13-12-16(14-18(19)25)20-21(23(31)26-17-10-6-3-7-11-17)33-24-28-27-22(30(24)29-20)15-8-4-2-5-9-15/h2-14,20-21,29H,1H3,(H,26,31)/t20-,21+/m1/s1. The van der Waals surface area contributed by atoms with Gasteiger partial charge in [-0.3, -0.25) is 4.79 Å². The van der Waals surface area contributed by atoms with Crippen LogP contribution in [0.1, 0.15) is 11.6 Å². The van der Waals surface area contributed by atoms with Crippen molar-refractivity contribution in [2.45, 2.75) is 16.4 Å². The molecule has 0 bridgehead atoms. The van der Waals surface area contributed by atoms with Gasteiger partial charge in [0.2, 0.25) is 11.1 Å². The minimum atomic E-state index is -0.519. The summed E-state index contributed by atoms with van der Waals surface area (Å²) in [6.45, 7) is 0. The number of halogens is 1. The molecule has 1 amide bonds. The monoisotopic (exact) mass is 477 g/mol. The number of carbonyl (C=O) groups is 1. The summed E-state index contributed by atoms with van der Waals surface area (Å²) in [5.74, 6) is 1.10. The third-order valence-electron chi connectivity index (χ3n) is 5.30. The highest BCUT2D eigenvalue weighted by Gasteiger charge is 2.38. The van der Waals surface area contributed by atoms with Crippen LogP contribution in [0.15, 0.2) is 84.0 Å². The summed E-state index contributed by atoms with van der Waals surface area (Å²) in [5.41, 5.74) is 5.95. The second-order valence-electron chi connectivity index (χ2n) is 7.40. The summed E-state index contributed by atoms with van der Waals surface area (Å²) in [5, 5.41) is 12.3. The van der Waals surface area contributed by atoms with E-state index in [1.807, 2.05) is 77.5 Å². The van der Waals surface area contributed by atoms with E-state index in [0.29, 0.717) is 21.8 Å². The summed E-state index contributed by atoms with van der Waals surface area (Å²) < 4.78 is 7.13. The molecule has 2 atom stereocenters. The second-order valence-corrected chi connectivity index (χ2v) is 8.92. The number of rotatable bonds is 5. The number of hydrogen-bond acceptors (Lipinski definition) is 6. The highest BCUT2D eigenvalue weighted by atomic mass is 35.5. The van der Waals surface area contributed by atoms with E-state index in [9.17, 15) is 4.79 Å². The molecule has 1 aromatic heterocycles. The van der Waals surface area contributed by atoms with Gasteiger partial charge in [0.15, 0.2) is 5.82 Å². The Balaban J connectivity index is 1.53. The van der Waals surface area contributed by atoms with Crippen LogP contribution in [-0.2, 0) is 4.79 Å². The molecular formula is C24H20ClN5O2S. The van der Waals surface area contributed by atoms with Crippen LogP contribution in [-0.4, -0.2) is 33.1 Å². The number of carbonyl (C=O) groups excluding carboxylic acids is 1. The highest BCUT2D eigenvalue weighted by Crippen LogP contribution is 2.40. The van der Waals surface area contributed by atoms with Crippen molar-refractivity contribution in [2.75, 3.05) is 17.9 Å². The summed E-state index contributed by atoms with van der Waals surface area (Å²) in [6.07, 6.45) is 0. The van der Waals surface area contributed by atoms with Crippen molar-refractivity contribution >= 4 is 35.0 Å². The molecule has 0 aliphatic carbocycles. The van der Waals surface area contributed by atoms with Gasteiger partial charge in [0.05, 0.1) is 18.2 Å². The van der Waals surface area contributed by atoms with Crippen molar-refractivity contribution in [1.82, 2.24) is 14.9 Å². The molecule has 0 radical (unpaired) electrons. The molecule has 2 heterocycles. The molecule has 33 heavy (non-hydrogen) atoms. The minimum absolute atomic E-state index is 0.147. The number of benzene rings is 3. The SMILES string of the molecule is COc1ccc([C@H]2Nn3c(nnc3-c3ccccc3)S[C@@H]2C(=O)Nc2ccccc2)cc1Cl. The first kappa shape index (κ1) is 21.4. The zero-order valence-electron chi connectivity index (χ0n) is 17.6. The number of anilines is 1. The molecule has 5 rings (SSSR count). The van der Waals surface area contributed by atoms with Crippen molar-refractivity contribution in [3.05, 3.63) is 89.4 Å². The second kappa shape index (κ2) is 9.17. The van der Waals surface area contributed by atoms with Crippen LogP contribution in [0.25, 0.3) is 11.4 Å². The fraction of sp³-hybridized carbons (Fsp3) is 0.125. The Hall–Kier alpha value is -3.49. The average Bonchev–Trinajstić information content (AvgIpc) is 3.27. The van der Waals surface area contributed by atoms with Crippen molar-refractivity contribution in [1.29, 1.82) is 0 Å². The van der Waals surface area contributed by atoms with E-state index in [4.69, 9.17) is 16.3 Å². The summed E-state index contributed by atoms with van der Waals surface area (Å²) in [7, 11) is 1.57. The molecule has 2 N–H and O–H groups in total. The molecule has 1 aliphatic heterocycles. The normalized spacial score (nSPS) is 17.0. The third kappa shape index (κ3) is 4.27. The Morgan fingerprint density at radius 3 is 2.48 bits per heavy atom. The largest absolute Gasteiger partial charge is 0.495 e. The van der Waals surface area contributed by atoms with Gasteiger partial charge in [-0.15, -0.1) is 10.2 Å². The van der Waals surface area contributed by atoms with Crippen LogP contribution < -0.4 is 15.5 Å². The fourth-order valence-corrected chi connectivity index (χ4v) is 5.04. The zero-order valence-corrected chi connectivity index (χ0v) is 19.2. The van der Waals surface area contributed by atoms with E-state index in [-0.39, 0.29) is 5.91 Å². The highest BCUT2D eigenvalue weighted by molar-refractivity contribution is 8.00. The van der Waals surface area contributed by atoms with E-state index in [1.165, 1.54) is 11.8 Å². The summed E-state index contributed by atoms with van der Waals surface area (Å²) in [6, 6.07) is 24.3. The van der Waals surface area contributed by atoms with E-state index in [2.05, 4.69) is 20.9 Å². The third-order valence-corrected chi connectivity index (χ3v) is 6.81. The molecule has 166 valence electrons. The smallest absolute Gasteiger partial charge is 0.240 e. The van der Waals surface area contributed by atoms with Crippen LogP contribution in [0.5, 0.6) is 5.75 Å². The van der Waals surface area contributed by atoms with Crippen LogP contribution in [0.3, 0.4) is 0 Å². The van der Waals surface area contributed by atoms with Crippen LogP contribution >= 0.6 is 23.4 Å².